The molecular weight excluding hydrogens is 196 g/mol. The zero-order valence-electron chi connectivity index (χ0n) is 8.27. The van der Waals surface area contributed by atoms with E-state index < -0.39 is 0 Å². The van der Waals surface area contributed by atoms with E-state index >= 15 is 0 Å². The minimum Gasteiger partial charge on any atom is -0.209 e. The molecular formula is C9H12N4S. The van der Waals surface area contributed by atoms with Crippen molar-refractivity contribution in [2.45, 2.75) is 26.7 Å². The molecule has 74 valence electrons. The van der Waals surface area contributed by atoms with Gasteiger partial charge in [-0.3, -0.25) is 0 Å². The Kier molecular flexibility index (Phi) is 2.58. The summed E-state index contributed by atoms with van der Waals surface area (Å²) in [7, 11) is 0. The van der Waals surface area contributed by atoms with E-state index in [4.69, 9.17) is 0 Å². The number of hydrogen-bond donors (Lipinski definition) is 0. The summed E-state index contributed by atoms with van der Waals surface area (Å²) in [6.07, 6.45) is 1.92. The van der Waals surface area contributed by atoms with Gasteiger partial charge in [0.1, 0.15) is 5.51 Å². The Morgan fingerprint density at radius 2 is 2.21 bits per heavy atom. The zero-order valence-corrected chi connectivity index (χ0v) is 9.08. The molecule has 4 nitrogen and oxygen atoms in total. The van der Waals surface area contributed by atoms with Crippen LogP contribution in [0.15, 0.2) is 11.6 Å². The fraction of sp³-hybridized carbons (Fsp3) is 0.444. The van der Waals surface area contributed by atoms with Crippen molar-refractivity contribution in [1.82, 2.24) is 20.0 Å². The zero-order chi connectivity index (χ0) is 9.97. The minimum atomic E-state index is 0.849. The van der Waals surface area contributed by atoms with Crippen LogP contribution >= 0.6 is 11.3 Å². The van der Waals surface area contributed by atoms with Crippen molar-refractivity contribution in [2.75, 3.05) is 0 Å². The fourth-order valence-corrected chi connectivity index (χ4v) is 1.87. The molecule has 2 heterocycles. The van der Waals surface area contributed by atoms with Gasteiger partial charge in [0.2, 0.25) is 5.13 Å². The second kappa shape index (κ2) is 3.88. The molecule has 2 rings (SSSR count). The maximum absolute atomic E-state index is 4.47. The van der Waals surface area contributed by atoms with Crippen LogP contribution in [0.2, 0.25) is 0 Å². The van der Waals surface area contributed by atoms with Gasteiger partial charge in [0.25, 0.3) is 0 Å². The first-order chi connectivity index (χ1) is 6.85. The third-order valence-electron chi connectivity index (χ3n) is 2.09. The Morgan fingerprint density at radius 1 is 1.36 bits per heavy atom. The summed E-state index contributed by atoms with van der Waals surface area (Å²) in [5.74, 6) is 0. The second-order valence-corrected chi connectivity index (χ2v) is 3.78. The van der Waals surface area contributed by atoms with Crippen molar-refractivity contribution in [2.24, 2.45) is 0 Å². The van der Waals surface area contributed by atoms with E-state index in [0.29, 0.717) is 0 Å². The molecule has 0 bridgehead atoms. The van der Waals surface area contributed by atoms with Gasteiger partial charge in [-0.05, 0) is 18.9 Å². The Morgan fingerprint density at radius 3 is 2.79 bits per heavy atom. The van der Waals surface area contributed by atoms with Gasteiger partial charge < -0.3 is 0 Å². The topological polar surface area (TPSA) is 43.6 Å². The summed E-state index contributed by atoms with van der Waals surface area (Å²) in [4.78, 5) is 0. The molecule has 0 aliphatic rings. The number of aromatic nitrogens is 4. The maximum atomic E-state index is 4.47. The van der Waals surface area contributed by atoms with Gasteiger partial charge in [0, 0.05) is 5.69 Å². The molecule has 0 amide bonds. The molecule has 0 radical (unpaired) electrons. The van der Waals surface area contributed by atoms with E-state index in [1.54, 1.807) is 5.51 Å². The Balaban J connectivity index is 2.46. The quantitative estimate of drug-likeness (QED) is 0.773. The summed E-state index contributed by atoms with van der Waals surface area (Å²) >= 11 is 1.51. The third-order valence-corrected chi connectivity index (χ3v) is 2.75. The number of rotatable bonds is 3. The van der Waals surface area contributed by atoms with Crippen LogP contribution < -0.4 is 0 Å². The van der Waals surface area contributed by atoms with Crippen LogP contribution in [-0.4, -0.2) is 20.0 Å². The molecule has 0 saturated carbocycles. The molecule has 0 aliphatic carbocycles. The average Bonchev–Trinajstić information content (AvgIpc) is 2.85. The fourth-order valence-electron chi connectivity index (χ4n) is 1.32. The molecule has 0 N–H and O–H groups in total. The lowest BCUT2D eigenvalue weighted by Crippen LogP contribution is -2.00. The van der Waals surface area contributed by atoms with Gasteiger partial charge in [0.05, 0.1) is 5.69 Å². The van der Waals surface area contributed by atoms with Crippen LogP contribution in [0.25, 0.3) is 5.13 Å². The van der Waals surface area contributed by atoms with Crippen LogP contribution in [0.3, 0.4) is 0 Å². The smallest absolute Gasteiger partial charge is 0.209 e. The minimum absolute atomic E-state index is 0.849. The molecule has 0 spiro atoms. The lowest BCUT2D eigenvalue weighted by Gasteiger charge is -1.98. The van der Waals surface area contributed by atoms with Gasteiger partial charge in [-0.2, -0.15) is 5.10 Å². The molecule has 2 aromatic heterocycles. The first-order valence-electron chi connectivity index (χ1n) is 4.69. The highest BCUT2D eigenvalue weighted by Gasteiger charge is 2.08. The highest BCUT2D eigenvalue weighted by atomic mass is 32.1. The SMILES string of the molecule is CCc1cc(CC)n(-c2nncs2)n1. The highest BCUT2D eigenvalue weighted by Crippen LogP contribution is 2.14. The summed E-state index contributed by atoms with van der Waals surface area (Å²) in [5, 5.41) is 13.1. The molecule has 5 heteroatoms. The van der Waals surface area contributed by atoms with E-state index in [0.717, 1.165) is 23.7 Å². The lowest BCUT2D eigenvalue weighted by atomic mass is 10.3. The monoisotopic (exact) mass is 208 g/mol. The Hall–Kier alpha value is -1.23. The van der Waals surface area contributed by atoms with Crippen molar-refractivity contribution in [3.05, 3.63) is 23.0 Å². The van der Waals surface area contributed by atoms with Crippen molar-refractivity contribution >= 4 is 11.3 Å². The third kappa shape index (κ3) is 1.55. The molecule has 0 fully saturated rings. The molecule has 0 aromatic carbocycles. The predicted molar refractivity (Wildman–Crippen MR) is 55.8 cm³/mol. The summed E-state index contributed by atoms with van der Waals surface area (Å²) in [6, 6.07) is 2.13. The molecule has 0 aliphatic heterocycles. The first kappa shape index (κ1) is 9.33. The van der Waals surface area contributed by atoms with Crippen LogP contribution in [0, 0.1) is 0 Å². The largest absolute Gasteiger partial charge is 0.232 e. The second-order valence-electron chi connectivity index (χ2n) is 2.97. The Bertz CT molecular complexity index is 404. The average molecular weight is 208 g/mol. The molecule has 0 saturated heterocycles. The van der Waals surface area contributed by atoms with Crippen LogP contribution in [0.5, 0.6) is 0 Å². The standard InChI is InChI=1S/C9H12N4S/c1-3-7-5-8(4-2)13(12-7)9-11-10-6-14-9/h5-6H,3-4H2,1-2H3. The van der Waals surface area contributed by atoms with Crippen LogP contribution in [-0.2, 0) is 12.8 Å². The molecule has 0 atom stereocenters. The van der Waals surface area contributed by atoms with Crippen molar-refractivity contribution in [1.29, 1.82) is 0 Å². The molecule has 2 aromatic rings. The summed E-state index contributed by atoms with van der Waals surface area (Å²) < 4.78 is 1.89. The van der Waals surface area contributed by atoms with Gasteiger partial charge in [-0.15, -0.1) is 10.2 Å². The number of aryl methyl sites for hydroxylation is 2. The molecule has 14 heavy (non-hydrogen) atoms. The number of hydrogen-bond acceptors (Lipinski definition) is 4. The summed E-state index contributed by atoms with van der Waals surface area (Å²) in [6.45, 7) is 4.22. The van der Waals surface area contributed by atoms with E-state index in [-0.39, 0.29) is 0 Å². The Labute approximate surface area is 86.6 Å². The van der Waals surface area contributed by atoms with E-state index in [1.807, 2.05) is 4.68 Å². The normalized spacial score (nSPS) is 10.7. The van der Waals surface area contributed by atoms with Crippen LogP contribution in [0.4, 0.5) is 0 Å². The molecule has 0 unspecified atom stereocenters. The van der Waals surface area contributed by atoms with Crippen molar-refractivity contribution in [3.8, 4) is 5.13 Å². The highest BCUT2D eigenvalue weighted by molar-refractivity contribution is 7.11. The van der Waals surface area contributed by atoms with Gasteiger partial charge in [-0.25, -0.2) is 4.68 Å². The van der Waals surface area contributed by atoms with Gasteiger partial charge >= 0.3 is 0 Å². The van der Waals surface area contributed by atoms with E-state index in [9.17, 15) is 0 Å². The van der Waals surface area contributed by atoms with Crippen molar-refractivity contribution < 1.29 is 0 Å². The van der Waals surface area contributed by atoms with E-state index in [2.05, 4.69) is 35.2 Å². The van der Waals surface area contributed by atoms with Gasteiger partial charge in [0.15, 0.2) is 0 Å². The predicted octanol–water partition coefficient (Wildman–Crippen LogP) is 1.85. The van der Waals surface area contributed by atoms with Crippen molar-refractivity contribution in [3.63, 3.8) is 0 Å². The van der Waals surface area contributed by atoms with Gasteiger partial charge in [-0.1, -0.05) is 25.2 Å². The maximum Gasteiger partial charge on any atom is 0.232 e. The lowest BCUT2D eigenvalue weighted by molar-refractivity contribution is 0.776. The number of nitrogens with zero attached hydrogens (tertiary/aromatic N) is 4. The summed E-state index contributed by atoms with van der Waals surface area (Å²) in [5.41, 5.74) is 4.03. The van der Waals surface area contributed by atoms with E-state index in [1.165, 1.54) is 17.0 Å². The van der Waals surface area contributed by atoms with Crippen LogP contribution in [0.1, 0.15) is 25.2 Å². The first-order valence-corrected chi connectivity index (χ1v) is 5.57.